The predicted octanol–water partition coefficient (Wildman–Crippen LogP) is 9.35. The molecule has 40 heavy (non-hydrogen) atoms. The maximum absolute atomic E-state index is 10.1. The van der Waals surface area contributed by atoms with E-state index < -0.39 is 0 Å². The lowest BCUT2D eigenvalue weighted by Gasteiger charge is -2.16. The summed E-state index contributed by atoms with van der Waals surface area (Å²) in [5.41, 5.74) is 8.61. The molecule has 3 heteroatoms. The molecule has 1 atom stereocenters. The predicted molar refractivity (Wildman–Crippen MR) is 165 cm³/mol. The zero-order valence-electron chi connectivity index (χ0n) is 21.8. The minimum Gasteiger partial charge on any atom is -0.309 e. The molecule has 7 aromatic rings. The van der Waals surface area contributed by atoms with Gasteiger partial charge in [-0.2, -0.15) is 5.26 Å². The quantitative estimate of drug-likeness (QED) is 0.233. The normalized spacial score (nSPS) is 14.9. The third kappa shape index (κ3) is 3.17. The van der Waals surface area contributed by atoms with Crippen LogP contribution >= 0.6 is 0 Å². The van der Waals surface area contributed by atoms with Crippen molar-refractivity contribution in [3.8, 4) is 17.4 Å². The molecule has 8 rings (SSSR count). The lowest BCUT2D eigenvalue weighted by molar-refractivity contribution is 0.862. The fourth-order valence-corrected chi connectivity index (χ4v) is 6.63. The van der Waals surface area contributed by atoms with Crippen LogP contribution < -0.4 is 0 Å². The number of hydrogen-bond donors (Lipinski definition) is 0. The highest BCUT2D eigenvalue weighted by Crippen LogP contribution is 2.43. The summed E-state index contributed by atoms with van der Waals surface area (Å²) in [5.74, 6) is 0.283. The molecule has 3 nitrogen and oxygen atoms in total. The van der Waals surface area contributed by atoms with Crippen LogP contribution in [0.15, 0.2) is 133 Å². The smallest absolute Gasteiger partial charge is 0.101 e. The van der Waals surface area contributed by atoms with E-state index >= 15 is 0 Å². The molecule has 1 aliphatic carbocycles. The number of nitrogens with zero attached hydrogens (tertiary/aromatic N) is 3. The van der Waals surface area contributed by atoms with Gasteiger partial charge in [0.2, 0.25) is 0 Å². The molecule has 0 saturated heterocycles. The largest absolute Gasteiger partial charge is 0.309 e. The van der Waals surface area contributed by atoms with Crippen molar-refractivity contribution in [2.75, 3.05) is 0 Å². The van der Waals surface area contributed by atoms with Gasteiger partial charge in [0.15, 0.2) is 0 Å². The molecule has 0 radical (unpaired) electrons. The van der Waals surface area contributed by atoms with Crippen LogP contribution in [0.1, 0.15) is 23.5 Å². The number of para-hydroxylation sites is 3. The second kappa shape index (κ2) is 8.86. The van der Waals surface area contributed by atoms with E-state index in [1.165, 1.54) is 38.1 Å². The fourth-order valence-electron chi connectivity index (χ4n) is 6.63. The molecule has 0 bridgehead atoms. The lowest BCUT2D eigenvalue weighted by atomic mass is 9.89. The number of aromatic nitrogens is 2. The molecule has 0 aliphatic heterocycles. The Hall–Kier alpha value is -5.33. The summed E-state index contributed by atoms with van der Waals surface area (Å²) in [6.45, 7) is 0. The maximum Gasteiger partial charge on any atom is 0.101 e. The van der Waals surface area contributed by atoms with Crippen molar-refractivity contribution in [1.82, 2.24) is 9.13 Å². The van der Waals surface area contributed by atoms with Crippen LogP contribution in [-0.4, -0.2) is 9.13 Å². The van der Waals surface area contributed by atoms with Gasteiger partial charge < -0.3 is 9.13 Å². The summed E-state index contributed by atoms with van der Waals surface area (Å²) in [6.07, 6.45) is 9.82. The van der Waals surface area contributed by atoms with E-state index in [9.17, 15) is 5.26 Å². The highest BCUT2D eigenvalue weighted by atomic mass is 15.0. The Balaban J connectivity index is 1.59. The van der Waals surface area contributed by atoms with E-state index in [1.807, 2.05) is 18.2 Å². The van der Waals surface area contributed by atoms with Crippen molar-refractivity contribution >= 4 is 43.6 Å². The number of allylic oxidation sites excluding steroid dienone is 4. The number of benzene rings is 5. The van der Waals surface area contributed by atoms with Crippen LogP contribution in [0.5, 0.6) is 0 Å². The van der Waals surface area contributed by atoms with Crippen molar-refractivity contribution in [3.05, 3.63) is 145 Å². The standard InChI is InChI=1S/C37H25N3/c38-24-26-14-4-7-18-30(26)39-33-21-10-17-27(25-12-2-1-3-13-25)36(33)37-34(39)22-11-23-35(37)40-31-19-8-5-15-28(31)29-16-6-9-20-32(29)40/h1-12,14-23,25H,13H2. The second-order valence-corrected chi connectivity index (χ2v) is 10.4. The molecular formula is C37H25N3. The first-order valence-electron chi connectivity index (χ1n) is 13.7. The molecule has 1 aliphatic rings. The zero-order valence-corrected chi connectivity index (χ0v) is 21.8. The lowest BCUT2D eigenvalue weighted by Crippen LogP contribution is -1.99. The van der Waals surface area contributed by atoms with Crippen molar-refractivity contribution in [2.45, 2.75) is 12.3 Å². The van der Waals surface area contributed by atoms with Crippen LogP contribution in [0.3, 0.4) is 0 Å². The Bertz CT molecular complexity index is 2160. The first-order valence-corrected chi connectivity index (χ1v) is 13.7. The SMILES string of the molecule is N#Cc1ccccc1-n1c2cccc(C3C=CC=CC3)c2c2c(-n3c4ccccc4c4ccccc43)cccc21. The fraction of sp³-hybridized carbons (Fsp3) is 0.0541. The summed E-state index contributed by atoms with van der Waals surface area (Å²) in [5, 5.41) is 15.0. The number of hydrogen-bond acceptors (Lipinski definition) is 1. The van der Waals surface area contributed by atoms with Gasteiger partial charge in [-0.05, 0) is 54.4 Å². The Morgan fingerprint density at radius 1 is 0.575 bits per heavy atom. The monoisotopic (exact) mass is 511 g/mol. The van der Waals surface area contributed by atoms with E-state index in [0.717, 1.165) is 28.8 Å². The van der Waals surface area contributed by atoms with Gasteiger partial charge in [0.25, 0.3) is 0 Å². The van der Waals surface area contributed by atoms with Gasteiger partial charge in [0.1, 0.15) is 6.07 Å². The molecule has 0 N–H and O–H groups in total. The molecular weight excluding hydrogens is 486 g/mol. The van der Waals surface area contributed by atoms with Crippen molar-refractivity contribution < 1.29 is 0 Å². The highest BCUT2D eigenvalue weighted by Gasteiger charge is 2.24. The molecule has 2 heterocycles. The number of nitriles is 1. The van der Waals surface area contributed by atoms with Gasteiger partial charge in [-0.15, -0.1) is 0 Å². The Labute approximate surface area is 232 Å². The average Bonchev–Trinajstić information content (AvgIpc) is 3.54. The third-order valence-electron chi connectivity index (χ3n) is 8.29. The molecule has 2 aromatic heterocycles. The summed E-state index contributed by atoms with van der Waals surface area (Å²) >= 11 is 0. The Morgan fingerprint density at radius 3 is 1.90 bits per heavy atom. The van der Waals surface area contributed by atoms with Crippen LogP contribution in [0.25, 0.3) is 55.0 Å². The summed E-state index contributed by atoms with van der Waals surface area (Å²) < 4.78 is 4.70. The van der Waals surface area contributed by atoms with Gasteiger partial charge in [0.05, 0.1) is 39.0 Å². The molecule has 5 aromatic carbocycles. The number of fused-ring (bicyclic) bond motifs is 6. The zero-order chi connectivity index (χ0) is 26.6. The second-order valence-electron chi connectivity index (χ2n) is 10.4. The summed E-state index contributed by atoms with van der Waals surface area (Å²) in [6, 6.07) is 40.9. The van der Waals surface area contributed by atoms with Gasteiger partial charge in [-0.3, -0.25) is 0 Å². The van der Waals surface area contributed by atoms with Crippen molar-refractivity contribution in [3.63, 3.8) is 0 Å². The summed E-state index contributed by atoms with van der Waals surface area (Å²) in [4.78, 5) is 0. The summed E-state index contributed by atoms with van der Waals surface area (Å²) in [7, 11) is 0. The van der Waals surface area contributed by atoms with Gasteiger partial charge in [-0.25, -0.2) is 0 Å². The van der Waals surface area contributed by atoms with E-state index in [1.54, 1.807) is 0 Å². The molecule has 1 unspecified atom stereocenters. The van der Waals surface area contributed by atoms with Crippen molar-refractivity contribution in [1.29, 1.82) is 5.26 Å². The van der Waals surface area contributed by atoms with Gasteiger partial charge in [0, 0.05) is 27.5 Å². The molecule has 0 amide bonds. The van der Waals surface area contributed by atoms with E-state index in [-0.39, 0.29) is 5.92 Å². The maximum atomic E-state index is 10.1. The Kier molecular flexibility index (Phi) is 5.02. The molecule has 0 spiro atoms. The third-order valence-corrected chi connectivity index (χ3v) is 8.29. The first-order chi connectivity index (χ1) is 19.8. The Morgan fingerprint density at radius 2 is 1.18 bits per heavy atom. The molecule has 0 fully saturated rings. The van der Waals surface area contributed by atoms with Gasteiger partial charge >= 0.3 is 0 Å². The molecule has 0 saturated carbocycles. The molecule has 188 valence electrons. The van der Waals surface area contributed by atoms with Crippen LogP contribution in [-0.2, 0) is 0 Å². The van der Waals surface area contributed by atoms with E-state index in [0.29, 0.717) is 5.56 Å². The van der Waals surface area contributed by atoms with Crippen LogP contribution in [0.2, 0.25) is 0 Å². The first kappa shape index (κ1) is 22.6. The number of rotatable bonds is 3. The highest BCUT2D eigenvalue weighted by molar-refractivity contribution is 6.17. The minimum atomic E-state index is 0.283. The average molecular weight is 512 g/mol. The van der Waals surface area contributed by atoms with Crippen LogP contribution in [0, 0.1) is 11.3 Å². The van der Waals surface area contributed by atoms with E-state index in [4.69, 9.17) is 0 Å². The van der Waals surface area contributed by atoms with Crippen LogP contribution in [0.4, 0.5) is 0 Å². The van der Waals surface area contributed by atoms with Gasteiger partial charge in [-0.1, -0.05) is 91.0 Å². The topological polar surface area (TPSA) is 33.6 Å². The van der Waals surface area contributed by atoms with E-state index in [2.05, 4.69) is 131 Å². The van der Waals surface area contributed by atoms with Crippen molar-refractivity contribution in [2.24, 2.45) is 0 Å². The minimum absolute atomic E-state index is 0.283.